The van der Waals surface area contributed by atoms with E-state index in [4.69, 9.17) is 11.6 Å². The second-order valence-electron chi connectivity index (χ2n) is 5.05. The van der Waals surface area contributed by atoms with Gasteiger partial charge in [0.2, 0.25) is 5.82 Å². The van der Waals surface area contributed by atoms with Crippen molar-refractivity contribution in [1.82, 2.24) is 14.9 Å². The largest absolute Gasteiger partial charge is 0.451 e. The van der Waals surface area contributed by atoms with Gasteiger partial charge in [0.15, 0.2) is 0 Å². The Morgan fingerprint density at radius 2 is 1.85 bits per heavy atom. The summed E-state index contributed by atoms with van der Waals surface area (Å²) >= 11 is 5.67. The maximum Gasteiger partial charge on any atom is 0.451 e. The Hall–Kier alpha value is -1.08. The third-order valence-electron chi connectivity index (χ3n) is 3.45. The van der Waals surface area contributed by atoms with Crippen LogP contribution in [-0.4, -0.2) is 48.1 Å². The quantitative estimate of drug-likeness (QED) is 0.786. The van der Waals surface area contributed by atoms with Gasteiger partial charge >= 0.3 is 6.18 Å². The summed E-state index contributed by atoms with van der Waals surface area (Å²) in [5, 5.41) is -0.183. The van der Waals surface area contributed by atoms with Crippen LogP contribution in [0, 0.1) is 0 Å². The van der Waals surface area contributed by atoms with Crippen molar-refractivity contribution < 1.29 is 13.2 Å². The molecule has 0 aromatic carbocycles. The zero-order valence-corrected chi connectivity index (χ0v) is 12.0. The molecule has 0 atom stereocenters. The van der Waals surface area contributed by atoms with E-state index in [1.807, 2.05) is 19.0 Å². The number of halogens is 4. The van der Waals surface area contributed by atoms with Crippen molar-refractivity contribution in [1.29, 1.82) is 0 Å². The maximum absolute atomic E-state index is 12.7. The Balaban J connectivity index is 2.16. The van der Waals surface area contributed by atoms with Gasteiger partial charge in [-0.05, 0) is 26.9 Å². The van der Waals surface area contributed by atoms with Crippen LogP contribution in [0.25, 0.3) is 0 Å². The van der Waals surface area contributed by atoms with Crippen LogP contribution in [0.2, 0.25) is 5.15 Å². The van der Waals surface area contributed by atoms with E-state index in [1.54, 1.807) is 0 Å². The Labute approximate surface area is 120 Å². The monoisotopic (exact) mass is 308 g/mol. The summed E-state index contributed by atoms with van der Waals surface area (Å²) in [6.07, 6.45) is -2.81. The predicted molar refractivity (Wildman–Crippen MR) is 71.0 cm³/mol. The summed E-state index contributed by atoms with van der Waals surface area (Å²) in [5.74, 6) is -0.940. The van der Waals surface area contributed by atoms with Crippen LogP contribution in [0.1, 0.15) is 18.7 Å². The lowest BCUT2D eigenvalue weighted by Gasteiger charge is -2.35. The van der Waals surface area contributed by atoms with Gasteiger partial charge in [0.05, 0.1) is 0 Å². The minimum Gasteiger partial charge on any atom is -0.356 e. The molecule has 1 aliphatic rings. The van der Waals surface area contributed by atoms with Gasteiger partial charge in [-0.3, -0.25) is 0 Å². The first kappa shape index (κ1) is 15.3. The lowest BCUT2D eigenvalue weighted by Crippen LogP contribution is -2.42. The highest BCUT2D eigenvalue weighted by Crippen LogP contribution is 2.30. The van der Waals surface area contributed by atoms with Crippen LogP contribution >= 0.6 is 11.6 Å². The van der Waals surface area contributed by atoms with E-state index in [0.29, 0.717) is 19.1 Å². The minimum absolute atomic E-state index is 0.183. The number of hydrogen-bond acceptors (Lipinski definition) is 4. The highest BCUT2D eigenvalue weighted by molar-refractivity contribution is 6.29. The fourth-order valence-electron chi connectivity index (χ4n) is 2.31. The molecule has 0 N–H and O–H groups in total. The second-order valence-corrected chi connectivity index (χ2v) is 5.44. The van der Waals surface area contributed by atoms with E-state index in [9.17, 15) is 13.2 Å². The molecular formula is C12H16ClF3N4. The molecule has 1 fully saturated rings. The van der Waals surface area contributed by atoms with E-state index >= 15 is 0 Å². The Kier molecular flexibility index (Phi) is 4.39. The number of alkyl halides is 3. The van der Waals surface area contributed by atoms with E-state index in [1.165, 1.54) is 6.07 Å². The first-order chi connectivity index (χ1) is 9.27. The molecule has 0 aliphatic carbocycles. The third kappa shape index (κ3) is 3.52. The van der Waals surface area contributed by atoms with Gasteiger partial charge < -0.3 is 9.80 Å². The topological polar surface area (TPSA) is 32.3 Å². The molecule has 1 aromatic rings. The molecule has 0 saturated carbocycles. The van der Waals surface area contributed by atoms with Crippen molar-refractivity contribution >= 4 is 17.4 Å². The molecule has 8 heteroatoms. The Morgan fingerprint density at radius 3 is 2.35 bits per heavy atom. The Bertz CT molecular complexity index is 470. The van der Waals surface area contributed by atoms with E-state index in [2.05, 4.69) is 14.9 Å². The van der Waals surface area contributed by atoms with Crippen LogP contribution in [0.5, 0.6) is 0 Å². The van der Waals surface area contributed by atoms with Gasteiger partial charge in [0.25, 0.3) is 0 Å². The van der Waals surface area contributed by atoms with Crippen molar-refractivity contribution in [3.63, 3.8) is 0 Å². The molecule has 1 aromatic heterocycles. The first-order valence-electron chi connectivity index (χ1n) is 6.30. The zero-order valence-electron chi connectivity index (χ0n) is 11.3. The molecule has 2 rings (SSSR count). The number of aromatic nitrogens is 2. The van der Waals surface area contributed by atoms with Crippen molar-refractivity contribution in [2.24, 2.45) is 0 Å². The Morgan fingerprint density at radius 1 is 1.25 bits per heavy atom. The van der Waals surface area contributed by atoms with Crippen LogP contribution < -0.4 is 4.90 Å². The van der Waals surface area contributed by atoms with Crippen molar-refractivity contribution in [3.8, 4) is 0 Å². The zero-order chi connectivity index (χ0) is 14.9. The molecule has 112 valence electrons. The van der Waals surface area contributed by atoms with Gasteiger partial charge in [0.1, 0.15) is 11.0 Å². The number of nitrogens with zero attached hydrogens (tertiary/aromatic N) is 4. The van der Waals surface area contributed by atoms with Crippen LogP contribution in [-0.2, 0) is 6.18 Å². The molecule has 0 amide bonds. The van der Waals surface area contributed by atoms with Crippen molar-refractivity contribution in [2.45, 2.75) is 25.1 Å². The van der Waals surface area contributed by atoms with Crippen LogP contribution in [0.15, 0.2) is 6.07 Å². The van der Waals surface area contributed by atoms with Gasteiger partial charge in [-0.25, -0.2) is 9.97 Å². The summed E-state index contributed by atoms with van der Waals surface area (Å²) in [6, 6.07) is 1.83. The average Bonchev–Trinajstić information content (AvgIpc) is 2.37. The molecule has 0 unspecified atom stereocenters. The van der Waals surface area contributed by atoms with E-state index < -0.39 is 12.0 Å². The number of anilines is 1. The van der Waals surface area contributed by atoms with Crippen LogP contribution in [0.3, 0.4) is 0 Å². The molecule has 2 heterocycles. The van der Waals surface area contributed by atoms with Gasteiger partial charge in [-0.1, -0.05) is 11.6 Å². The van der Waals surface area contributed by atoms with Crippen molar-refractivity contribution in [2.75, 3.05) is 32.1 Å². The number of hydrogen-bond donors (Lipinski definition) is 0. The van der Waals surface area contributed by atoms with E-state index in [-0.39, 0.29) is 11.0 Å². The number of rotatable bonds is 2. The third-order valence-corrected chi connectivity index (χ3v) is 3.65. The predicted octanol–water partition coefficient (Wildman–Crippen LogP) is 2.68. The summed E-state index contributed by atoms with van der Waals surface area (Å²) in [4.78, 5) is 10.8. The molecule has 1 aliphatic heterocycles. The van der Waals surface area contributed by atoms with Crippen LogP contribution in [0.4, 0.5) is 19.0 Å². The van der Waals surface area contributed by atoms with Gasteiger partial charge in [-0.2, -0.15) is 13.2 Å². The van der Waals surface area contributed by atoms with Crippen molar-refractivity contribution in [3.05, 3.63) is 17.0 Å². The summed E-state index contributed by atoms with van der Waals surface area (Å²) in [7, 11) is 4.01. The van der Waals surface area contributed by atoms with Gasteiger partial charge in [0, 0.05) is 25.2 Å². The molecular weight excluding hydrogens is 293 g/mol. The highest BCUT2D eigenvalue weighted by Gasteiger charge is 2.36. The van der Waals surface area contributed by atoms with Gasteiger partial charge in [-0.15, -0.1) is 0 Å². The fourth-order valence-corrected chi connectivity index (χ4v) is 2.48. The normalized spacial score (nSPS) is 17.9. The molecule has 20 heavy (non-hydrogen) atoms. The maximum atomic E-state index is 12.7. The SMILES string of the molecule is CN(C)C1CCN(c2cc(Cl)nc(C(F)(F)F)n2)CC1. The molecule has 0 bridgehead atoms. The minimum atomic E-state index is -4.58. The lowest BCUT2D eigenvalue weighted by atomic mass is 10.0. The standard InChI is InChI=1S/C12H16ClF3N4/c1-19(2)8-3-5-20(6-4-8)10-7-9(13)17-11(18-10)12(14,15)16/h7-8H,3-6H2,1-2H3. The second kappa shape index (κ2) is 5.73. The average molecular weight is 309 g/mol. The molecule has 4 nitrogen and oxygen atoms in total. The van der Waals surface area contributed by atoms with E-state index in [0.717, 1.165) is 12.8 Å². The lowest BCUT2D eigenvalue weighted by molar-refractivity contribution is -0.144. The fraction of sp³-hybridized carbons (Fsp3) is 0.667. The summed E-state index contributed by atoms with van der Waals surface area (Å²) in [5.41, 5.74) is 0. The molecule has 0 spiro atoms. The molecule has 1 saturated heterocycles. The summed E-state index contributed by atoms with van der Waals surface area (Å²) in [6.45, 7) is 1.32. The summed E-state index contributed by atoms with van der Waals surface area (Å²) < 4.78 is 38.0. The smallest absolute Gasteiger partial charge is 0.356 e. The highest BCUT2D eigenvalue weighted by atomic mass is 35.5. The first-order valence-corrected chi connectivity index (χ1v) is 6.68. The molecule has 0 radical (unpaired) electrons. The number of piperidine rings is 1.